The lowest BCUT2D eigenvalue weighted by molar-refractivity contribution is 0.0819. The lowest BCUT2D eigenvalue weighted by Crippen LogP contribution is -2.53. The highest BCUT2D eigenvalue weighted by molar-refractivity contribution is 9.10. The molecule has 0 aromatic heterocycles. The zero-order chi connectivity index (χ0) is 15.8. The van der Waals surface area contributed by atoms with Crippen LogP contribution >= 0.6 is 15.9 Å². The first kappa shape index (κ1) is 16.4. The Kier molecular flexibility index (Phi) is 4.41. The second kappa shape index (κ2) is 5.66. The Morgan fingerprint density at radius 1 is 1.48 bits per heavy atom. The molecule has 0 bridgehead atoms. The second-order valence-corrected chi connectivity index (χ2v) is 7.63. The zero-order valence-electron chi connectivity index (χ0n) is 11.4. The molecule has 0 spiro atoms. The second-order valence-electron chi connectivity index (χ2n) is 5.25. The third kappa shape index (κ3) is 3.27. The Morgan fingerprint density at radius 3 is 2.52 bits per heavy atom. The molecule has 1 aliphatic rings. The normalized spacial score (nSPS) is 17.1. The molecule has 1 aromatic carbocycles. The Labute approximate surface area is 131 Å². The summed E-state index contributed by atoms with van der Waals surface area (Å²) >= 11 is 3.08. The third-order valence-corrected chi connectivity index (χ3v) is 5.52. The molecule has 116 valence electrons. The standard InChI is InChI=1S/C13H16BrFN2O3S/c1-2-13(4-3-5-13)17-12(18)8-6-11(21(16,19)20)10(15)7-9(8)14/h6-7H,2-5H2,1H3,(H,17,18)(H2,16,19,20). The summed E-state index contributed by atoms with van der Waals surface area (Å²) < 4.78 is 36.5. The van der Waals surface area contributed by atoms with E-state index in [4.69, 9.17) is 5.14 Å². The maximum atomic E-state index is 13.7. The molecule has 1 amide bonds. The van der Waals surface area contributed by atoms with Gasteiger partial charge in [-0.05, 0) is 53.7 Å². The fraction of sp³-hybridized carbons (Fsp3) is 0.462. The number of sulfonamides is 1. The van der Waals surface area contributed by atoms with Crippen LogP contribution in [0.1, 0.15) is 43.0 Å². The van der Waals surface area contributed by atoms with Gasteiger partial charge in [0, 0.05) is 10.0 Å². The highest BCUT2D eigenvalue weighted by atomic mass is 79.9. The molecule has 0 saturated heterocycles. The number of primary sulfonamides is 1. The van der Waals surface area contributed by atoms with Crippen molar-refractivity contribution in [1.29, 1.82) is 0 Å². The Morgan fingerprint density at radius 2 is 2.10 bits per heavy atom. The molecule has 0 aliphatic heterocycles. The summed E-state index contributed by atoms with van der Waals surface area (Å²) in [5.41, 5.74) is -0.188. The maximum Gasteiger partial charge on any atom is 0.252 e. The minimum atomic E-state index is -4.22. The van der Waals surface area contributed by atoms with Crippen LogP contribution in [0.4, 0.5) is 4.39 Å². The van der Waals surface area contributed by atoms with Crippen molar-refractivity contribution >= 4 is 31.9 Å². The van der Waals surface area contributed by atoms with Gasteiger partial charge in [0.1, 0.15) is 10.7 Å². The molecule has 0 heterocycles. The van der Waals surface area contributed by atoms with Gasteiger partial charge >= 0.3 is 0 Å². The van der Waals surface area contributed by atoms with Gasteiger partial charge in [0.15, 0.2) is 0 Å². The first-order chi connectivity index (χ1) is 9.68. The molecular weight excluding hydrogens is 363 g/mol. The van der Waals surface area contributed by atoms with Gasteiger partial charge in [-0.1, -0.05) is 6.92 Å². The SMILES string of the molecule is CCC1(NC(=O)c2cc(S(N)(=O)=O)c(F)cc2Br)CCC1. The highest BCUT2D eigenvalue weighted by Crippen LogP contribution is 2.35. The molecule has 2 rings (SSSR count). The molecule has 1 fully saturated rings. The highest BCUT2D eigenvalue weighted by Gasteiger charge is 2.37. The fourth-order valence-electron chi connectivity index (χ4n) is 2.40. The van der Waals surface area contributed by atoms with Crippen LogP contribution in [-0.4, -0.2) is 19.9 Å². The van der Waals surface area contributed by atoms with E-state index < -0.39 is 26.6 Å². The van der Waals surface area contributed by atoms with E-state index in [9.17, 15) is 17.6 Å². The van der Waals surface area contributed by atoms with E-state index in [0.717, 1.165) is 37.8 Å². The average Bonchev–Trinajstić information content (AvgIpc) is 2.31. The van der Waals surface area contributed by atoms with Crippen molar-refractivity contribution in [1.82, 2.24) is 5.32 Å². The lowest BCUT2D eigenvalue weighted by atomic mass is 9.74. The predicted octanol–water partition coefficient (Wildman–Crippen LogP) is 2.30. The quantitative estimate of drug-likeness (QED) is 0.841. The summed E-state index contributed by atoms with van der Waals surface area (Å²) in [4.78, 5) is 11.6. The van der Waals surface area contributed by atoms with Crippen molar-refractivity contribution in [3.8, 4) is 0 Å². The van der Waals surface area contributed by atoms with Crippen LogP contribution in [0.2, 0.25) is 0 Å². The van der Waals surface area contributed by atoms with Gasteiger partial charge in [-0.25, -0.2) is 17.9 Å². The van der Waals surface area contributed by atoms with Gasteiger partial charge in [-0.2, -0.15) is 0 Å². The first-order valence-electron chi connectivity index (χ1n) is 6.53. The summed E-state index contributed by atoms with van der Waals surface area (Å²) in [5, 5.41) is 7.86. The number of hydrogen-bond donors (Lipinski definition) is 2. The number of carbonyl (C=O) groups is 1. The predicted molar refractivity (Wildman–Crippen MR) is 79.8 cm³/mol. The van der Waals surface area contributed by atoms with E-state index in [0.29, 0.717) is 0 Å². The number of halogens is 2. The van der Waals surface area contributed by atoms with E-state index >= 15 is 0 Å². The van der Waals surface area contributed by atoms with Gasteiger partial charge in [-0.15, -0.1) is 0 Å². The van der Waals surface area contributed by atoms with Crippen LogP contribution in [0, 0.1) is 5.82 Å². The molecule has 3 N–H and O–H groups in total. The van der Waals surface area contributed by atoms with Crippen molar-refractivity contribution in [2.24, 2.45) is 5.14 Å². The summed E-state index contributed by atoms with van der Waals surface area (Å²) in [6, 6.07) is 1.90. The Hall–Kier alpha value is -0.990. The van der Waals surface area contributed by atoms with Gasteiger partial charge in [0.25, 0.3) is 5.91 Å². The summed E-state index contributed by atoms with van der Waals surface area (Å²) in [6.45, 7) is 1.98. The van der Waals surface area contributed by atoms with Crippen molar-refractivity contribution in [2.75, 3.05) is 0 Å². The maximum absolute atomic E-state index is 13.7. The molecular formula is C13H16BrFN2O3S. The van der Waals surface area contributed by atoms with E-state index in [1.54, 1.807) is 0 Å². The molecule has 8 heteroatoms. The molecule has 0 atom stereocenters. The Balaban J connectivity index is 2.37. The lowest BCUT2D eigenvalue weighted by Gasteiger charge is -2.42. The number of amides is 1. The third-order valence-electron chi connectivity index (χ3n) is 3.94. The summed E-state index contributed by atoms with van der Waals surface area (Å²) in [6.07, 6.45) is 3.60. The molecule has 0 radical (unpaired) electrons. The minimum Gasteiger partial charge on any atom is -0.347 e. The molecule has 0 unspecified atom stereocenters. The number of benzene rings is 1. The topological polar surface area (TPSA) is 89.3 Å². The van der Waals surface area contributed by atoms with E-state index in [1.165, 1.54) is 0 Å². The smallest absolute Gasteiger partial charge is 0.252 e. The number of carbonyl (C=O) groups excluding carboxylic acids is 1. The van der Waals surface area contributed by atoms with Gasteiger partial charge in [0.2, 0.25) is 10.0 Å². The number of rotatable bonds is 4. The van der Waals surface area contributed by atoms with Crippen LogP contribution in [0.5, 0.6) is 0 Å². The van der Waals surface area contributed by atoms with Gasteiger partial charge in [-0.3, -0.25) is 4.79 Å². The molecule has 1 aromatic rings. The van der Waals surface area contributed by atoms with Crippen molar-refractivity contribution in [3.05, 3.63) is 28.0 Å². The van der Waals surface area contributed by atoms with E-state index in [-0.39, 0.29) is 15.6 Å². The molecule has 1 saturated carbocycles. The van der Waals surface area contributed by atoms with E-state index in [2.05, 4.69) is 21.2 Å². The number of nitrogens with one attached hydrogen (secondary N) is 1. The van der Waals surface area contributed by atoms with Crippen LogP contribution in [-0.2, 0) is 10.0 Å². The first-order valence-corrected chi connectivity index (χ1v) is 8.87. The molecule has 1 aliphatic carbocycles. The summed E-state index contributed by atoms with van der Waals surface area (Å²) in [7, 11) is -4.22. The largest absolute Gasteiger partial charge is 0.347 e. The summed E-state index contributed by atoms with van der Waals surface area (Å²) in [5.74, 6) is -1.43. The zero-order valence-corrected chi connectivity index (χ0v) is 13.9. The monoisotopic (exact) mass is 378 g/mol. The number of hydrogen-bond acceptors (Lipinski definition) is 3. The van der Waals surface area contributed by atoms with Crippen molar-refractivity contribution in [3.63, 3.8) is 0 Å². The minimum absolute atomic E-state index is 0.0557. The van der Waals surface area contributed by atoms with E-state index in [1.807, 2.05) is 6.92 Å². The molecule has 21 heavy (non-hydrogen) atoms. The molecule has 5 nitrogen and oxygen atoms in total. The fourth-order valence-corrected chi connectivity index (χ4v) is 3.51. The van der Waals surface area contributed by atoms with Crippen molar-refractivity contribution < 1.29 is 17.6 Å². The number of nitrogens with two attached hydrogens (primary N) is 1. The Bertz CT molecular complexity index is 681. The van der Waals surface area contributed by atoms with Gasteiger partial charge in [0.05, 0.1) is 5.56 Å². The van der Waals surface area contributed by atoms with Crippen LogP contribution < -0.4 is 10.5 Å². The van der Waals surface area contributed by atoms with Crippen molar-refractivity contribution in [2.45, 2.75) is 43.0 Å². The van der Waals surface area contributed by atoms with Crippen LogP contribution in [0.25, 0.3) is 0 Å². The van der Waals surface area contributed by atoms with Crippen LogP contribution in [0.3, 0.4) is 0 Å². The average molecular weight is 379 g/mol. The van der Waals surface area contributed by atoms with Crippen LogP contribution in [0.15, 0.2) is 21.5 Å². The van der Waals surface area contributed by atoms with Gasteiger partial charge < -0.3 is 5.32 Å².